The third-order valence-corrected chi connectivity index (χ3v) is 8.12. The summed E-state index contributed by atoms with van der Waals surface area (Å²) in [7, 11) is 0. The van der Waals surface area contributed by atoms with Crippen LogP contribution in [0.3, 0.4) is 0 Å². The number of nitrogens with zero attached hydrogens (tertiary/aromatic N) is 2. The van der Waals surface area contributed by atoms with Gasteiger partial charge in [0.15, 0.2) is 0 Å². The molecule has 5 rings (SSSR count). The highest BCUT2D eigenvalue weighted by atomic mass is 35.5. The summed E-state index contributed by atoms with van der Waals surface area (Å²) >= 11 is 1.67. The molecule has 0 aliphatic carbocycles. The standard InChI is InChI=1S/C31H32N2O4S.ClH/c34-21-25(29-22-38-30-4-2-1-3-28(29)30)13-14-32-15-17-33(18-16-32)19-20-37-31(23-5-9-26(35)10-6-23)24-7-11-27(36)12-8-24;/h1-12,22,31,35-36H,13-20H2;1H. The lowest BCUT2D eigenvalue weighted by molar-refractivity contribution is 0.0455. The molecule has 1 saturated heterocycles. The lowest BCUT2D eigenvalue weighted by atomic mass is 10.0. The van der Waals surface area contributed by atoms with Crippen molar-refractivity contribution in [2.75, 3.05) is 45.9 Å². The summed E-state index contributed by atoms with van der Waals surface area (Å²) in [5, 5.41) is 22.6. The molecule has 204 valence electrons. The van der Waals surface area contributed by atoms with E-state index in [0.717, 1.165) is 66.9 Å². The maximum Gasteiger partial charge on any atom is 0.128 e. The number of halogens is 1. The topological polar surface area (TPSA) is 73.2 Å². The lowest BCUT2D eigenvalue weighted by Gasteiger charge is -2.35. The van der Waals surface area contributed by atoms with E-state index in [0.29, 0.717) is 13.0 Å². The number of fused-ring (bicyclic) bond motifs is 1. The highest BCUT2D eigenvalue weighted by Crippen LogP contribution is 2.31. The number of phenols is 2. The smallest absolute Gasteiger partial charge is 0.128 e. The molecule has 6 nitrogen and oxygen atoms in total. The van der Waals surface area contributed by atoms with E-state index in [-0.39, 0.29) is 30.0 Å². The molecule has 1 aliphatic heterocycles. The van der Waals surface area contributed by atoms with Gasteiger partial charge >= 0.3 is 0 Å². The van der Waals surface area contributed by atoms with Crippen molar-refractivity contribution in [3.8, 4) is 11.5 Å². The molecule has 2 heterocycles. The molecule has 0 saturated carbocycles. The van der Waals surface area contributed by atoms with E-state index in [9.17, 15) is 15.0 Å². The Bertz CT molecular complexity index is 1350. The van der Waals surface area contributed by atoms with Crippen LogP contribution in [0.2, 0.25) is 0 Å². The predicted molar refractivity (Wildman–Crippen MR) is 160 cm³/mol. The zero-order valence-corrected chi connectivity index (χ0v) is 23.3. The van der Waals surface area contributed by atoms with Crippen LogP contribution < -0.4 is 0 Å². The fraction of sp³-hybridized carbons (Fsp3) is 0.290. The Labute approximate surface area is 239 Å². The molecule has 39 heavy (non-hydrogen) atoms. The number of aromatic hydroxyl groups is 2. The average Bonchev–Trinajstić information content (AvgIpc) is 3.38. The zero-order valence-electron chi connectivity index (χ0n) is 21.7. The molecular formula is C31H33ClN2O4S. The second-order valence-electron chi connectivity index (χ2n) is 9.59. The van der Waals surface area contributed by atoms with Gasteiger partial charge in [0, 0.05) is 65.9 Å². The number of carbonyl (C=O) groups excluding carboxylic acids is 1. The summed E-state index contributed by atoms with van der Waals surface area (Å²) in [4.78, 5) is 16.6. The maximum atomic E-state index is 11.8. The van der Waals surface area contributed by atoms with E-state index < -0.39 is 0 Å². The Morgan fingerprint density at radius 1 is 0.846 bits per heavy atom. The molecule has 0 spiro atoms. The normalized spacial score (nSPS) is 14.3. The van der Waals surface area contributed by atoms with Crippen molar-refractivity contribution in [3.63, 3.8) is 0 Å². The van der Waals surface area contributed by atoms with Gasteiger partial charge in [-0.1, -0.05) is 42.5 Å². The van der Waals surface area contributed by atoms with E-state index >= 15 is 0 Å². The number of piperazine rings is 1. The van der Waals surface area contributed by atoms with E-state index in [2.05, 4.69) is 33.3 Å². The van der Waals surface area contributed by atoms with Gasteiger partial charge in [-0.25, -0.2) is 4.79 Å². The fourth-order valence-electron chi connectivity index (χ4n) is 4.94. The van der Waals surface area contributed by atoms with Crippen LogP contribution in [0, 0.1) is 0 Å². The van der Waals surface area contributed by atoms with Crippen LogP contribution in [-0.2, 0) is 9.53 Å². The minimum Gasteiger partial charge on any atom is -0.508 e. The SMILES string of the molecule is Cl.O=C=C(CCN1CCN(CCOC(c2ccc(O)cc2)c2ccc(O)cc2)CC1)c1csc2ccccc12. The van der Waals surface area contributed by atoms with Crippen LogP contribution in [0.5, 0.6) is 11.5 Å². The largest absolute Gasteiger partial charge is 0.508 e. The number of benzene rings is 3. The van der Waals surface area contributed by atoms with Gasteiger partial charge in [0.25, 0.3) is 0 Å². The van der Waals surface area contributed by atoms with Crippen LogP contribution in [0.4, 0.5) is 0 Å². The zero-order chi connectivity index (χ0) is 26.3. The van der Waals surface area contributed by atoms with E-state index in [1.54, 1.807) is 35.6 Å². The number of rotatable bonds is 10. The quantitative estimate of drug-likeness (QED) is 0.238. The highest BCUT2D eigenvalue weighted by molar-refractivity contribution is 7.17. The molecule has 0 amide bonds. The first-order valence-corrected chi connectivity index (χ1v) is 13.8. The summed E-state index contributed by atoms with van der Waals surface area (Å²) in [6.45, 7) is 6.05. The van der Waals surface area contributed by atoms with Crippen molar-refractivity contribution in [2.45, 2.75) is 12.5 Å². The van der Waals surface area contributed by atoms with Crippen molar-refractivity contribution in [1.29, 1.82) is 0 Å². The van der Waals surface area contributed by atoms with Crippen molar-refractivity contribution < 1.29 is 19.7 Å². The number of phenolic OH excluding ortho intramolecular Hbond substituents is 2. The molecule has 0 atom stereocenters. The summed E-state index contributed by atoms with van der Waals surface area (Å²) in [6.07, 6.45) is 0.424. The van der Waals surface area contributed by atoms with Crippen LogP contribution >= 0.6 is 23.7 Å². The predicted octanol–water partition coefficient (Wildman–Crippen LogP) is 5.76. The number of thiophene rings is 1. The summed E-state index contributed by atoms with van der Waals surface area (Å²) < 4.78 is 7.53. The molecule has 2 N–H and O–H groups in total. The Morgan fingerprint density at radius 2 is 1.41 bits per heavy atom. The molecular weight excluding hydrogens is 532 g/mol. The minimum absolute atomic E-state index is 0. The molecule has 1 fully saturated rings. The van der Waals surface area contributed by atoms with Crippen LogP contribution in [0.25, 0.3) is 15.7 Å². The molecule has 3 aromatic carbocycles. The van der Waals surface area contributed by atoms with Crippen molar-refractivity contribution in [2.24, 2.45) is 0 Å². The van der Waals surface area contributed by atoms with Gasteiger partial charge in [0.1, 0.15) is 23.5 Å². The first-order chi connectivity index (χ1) is 18.6. The Kier molecular flexibility index (Phi) is 10.2. The van der Waals surface area contributed by atoms with Gasteiger partial charge < -0.3 is 19.8 Å². The molecule has 0 radical (unpaired) electrons. The third kappa shape index (κ3) is 7.28. The van der Waals surface area contributed by atoms with Crippen molar-refractivity contribution in [3.05, 3.63) is 94.9 Å². The summed E-state index contributed by atoms with van der Waals surface area (Å²) in [5.41, 5.74) is 3.69. The molecule has 1 aromatic heterocycles. The second-order valence-corrected chi connectivity index (χ2v) is 10.5. The summed E-state index contributed by atoms with van der Waals surface area (Å²) in [5.74, 6) is 2.64. The Balaban J connectivity index is 0.00000353. The van der Waals surface area contributed by atoms with Gasteiger partial charge in [-0.15, -0.1) is 23.7 Å². The van der Waals surface area contributed by atoms with Gasteiger partial charge in [0.05, 0.1) is 6.61 Å². The van der Waals surface area contributed by atoms with Gasteiger partial charge in [-0.3, -0.25) is 4.90 Å². The first kappa shape index (κ1) is 28.8. The van der Waals surface area contributed by atoms with Crippen molar-refractivity contribution in [1.82, 2.24) is 9.80 Å². The Hall–Kier alpha value is -3.16. The number of hydrogen-bond acceptors (Lipinski definition) is 7. The fourth-order valence-corrected chi connectivity index (χ4v) is 5.92. The van der Waals surface area contributed by atoms with E-state index in [4.69, 9.17) is 4.74 Å². The van der Waals surface area contributed by atoms with E-state index in [1.807, 2.05) is 36.4 Å². The van der Waals surface area contributed by atoms with Crippen LogP contribution in [0.15, 0.2) is 78.2 Å². The minimum atomic E-state index is -0.278. The molecule has 0 unspecified atom stereocenters. The molecule has 4 aromatic rings. The highest BCUT2D eigenvalue weighted by Gasteiger charge is 2.20. The maximum absolute atomic E-state index is 11.8. The summed E-state index contributed by atoms with van der Waals surface area (Å²) in [6, 6.07) is 22.3. The lowest BCUT2D eigenvalue weighted by Crippen LogP contribution is -2.47. The molecule has 0 bridgehead atoms. The van der Waals surface area contributed by atoms with Crippen molar-refractivity contribution >= 4 is 45.3 Å². The molecule has 1 aliphatic rings. The monoisotopic (exact) mass is 564 g/mol. The van der Waals surface area contributed by atoms with Crippen LogP contribution in [-0.4, -0.2) is 71.8 Å². The first-order valence-electron chi connectivity index (χ1n) is 13.0. The van der Waals surface area contributed by atoms with E-state index in [1.165, 1.54) is 4.70 Å². The van der Waals surface area contributed by atoms with Gasteiger partial charge in [-0.05, 0) is 47.9 Å². The van der Waals surface area contributed by atoms with Gasteiger partial charge in [-0.2, -0.15) is 0 Å². The van der Waals surface area contributed by atoms with Crippen LogP contribution in [0.1, 0.15) is 29.2 Å². The average molecular weight is 565 g/mol. The van der Waals surface area contributed by atoms with Gasteiger partial charge in [0.2, 0.25) is 0 Å². The number of hydrogen-bond donors (Lipinski definition) is 2. The molecule has 8 heteroatoms. The second kappa shape index (κ2) is 13.8. The third-order valence-electron chi connectivity index (χ3n) is 7.16. The number of ether oxygens (including phenoxy) is 1. The Morgan fingerprint density at radius 3 is 2.00 bits per heavy atom.